The Morgan fingerprint density at radius 3 is 2.54 bits per heavy atom. The van der Waals surface area contributed by atoms with E-state index in [9.17, 15) is 9.59 Å². The molecule has 222 valence electrons. The van der Waals surface area contributed by atoms with Crippen LogP contribution in [0.25, 0.3) is 0 Å². The summed E-state index contributed by atoms with van der Waals surface area (Å²) in [6.07, 6.45) is 10.0. The highest BCUT2D eigenvalue weighted by atomic mass is 16.5. The zero-order valence-corrected chi connectivity index (χ0v) is 24.7. The van der Waals surface area contributed by atoms with Gasteiger partial charge in [0.25, 0.3) is 5.91 Å². The molecule has 2 aliphatic heterocycles. The maximum atomic E-state index is 13.3. The molecule has 3 fully saturated rings. The van der Waals surface area contributed by atoms with Crippen LogP contribution in [0.15, 0.2) is 60.1 Å². The van der Waals surface area contributed by atoms with E-state index in [2.05, 4.69) is 40.6 Å². The monoisotopic (exact) mass is 563 g/mol. The zero-order valence-electron chi connectivity index (χ0n) is 24.7. The van der Waals surface area contributed by atoms with Crippen LogP contribution in [0, 0.1) is 5.92 Å². The van der Waals surface area contributed by atoms with Crippen molar-refractivity contribution in [1.29, 1.82) is 0 Å². The van der Waals surface area contributed by atoms with Crippen LogP contribution in [0.1, 0.15) is 55.3 Å². The molecule has 4 N–H and O–H groups in total. The Labute approximate surface area is 244 Å². The lowest BCUT2D eigenvalue weighted by Crippen LogP contribution is -2.43. The first-order chi connectivity index (χ1) is 19.7. The molecule has 0 aromatic heterocycles. The van der Waals surface area contributed by atoms with Crippen molar-refractivity contribution in [3.05, 3.63) is 60.7 Å². The van der Waals surface area contributed by atoms with E-state index in [1.165, 1.54) is 6.20 Å². The van der Waals surface area contributed by atoms with Crippen LogP contribution in [0.2, 0.25) is 0 Å². The van der Waals surface area contributed by atoms with E-state index >= 15 is 0 Å². The fraction of sp³-hybridized carbons (Fsp3) is 0.516. The molecule has 0 spiro atoms. The molecule has 1 aromatic carbocycles. The van der Waals surface area contributed by atoms with Gasteiger partial charge in [-0.2, -0.15) is 0 Å². The number of likely N-dealkylation sites (tertiary alicyclic amines) is 1. The number of benzene rings is 1. The van der Waals surface area contributed by atoms with Crippen molar-refractivity contribution in [2.45, 2.75) is 57.0 Å². The number of piperidine rings is 1. The van der Waals surface area contributed by atoms with E-state index in [-0.39, 0.29) is 29.8 Å². The van der Waals surface area contributed by atoms with Crippen molar-refractivity contribution >= 4 is 23.3 Å². The van der Waals surface area contributed by atoms with Gasteiger partial charge in [-0.3, -0.25) is 9.59 Å². The first kappa shape index (κ1) is 30.2. The van der Waals surface area contributed by atoms with Gasteiger partial charge in [-0.05, 0) is 70.4 Å². The van der Waals surface area contributed by atoms with Gasteiger partial charge in [0.15, 0.2) is 5.84 Å². The average molecular weight is 564 g/mol. The third kappa shape index (κ3) is 7.11. The summed E-state index contributed by atoms with van der Waals surface area (Å²) in [5.74, 6) is 1.12. The molecule has 2 saturated heterocycles. The lowest BCUT2D eigenvalue weighted by molar-refractivity contribution is -0.131. The molecule has 2 heterocycles. The number of carbonyl (C=O) groups is 2. The van der Waals surface area contributed by atoms with E-state index < -0.39 is 0 Å². The minimum absolute atomic E-state index is 0.0100. The summed E-state index contributed by atoms with van der Waals surface area (Å²) in [7, 11) is 5.40. The molecule has 1 atom stereocenters. The number of rotatable bonds is 9. The first-order valence-corrected chi connectivity index (χ1v) is 14.5. The second-order valence-corrected chi connectivity index (χ2v) is 11.2. The molecule has 2 amide bonds. The Balaban J connectivity index is 1.56. The lowest BCUT2D eigenvalue weighted by Gasteiger charge is -2.32. The number of ether oxygens (including phenoxy) is 1. The topological polar surface area (TPSA) is 116 Å². The number of anilines is 1. The maximum Gasteiger partial charge on any atom is 0.251 e. The standard InChI is InChI=1S/C31H45N7O3/c1-6-9-23-20-38(25-10-7-8-11-25)29(27(19-32)37(4)31(23)40)34-21(2)33-26-13-12-22(18-28(26)41-5)30(39)35-24-14-16-36(3)17-15-24/h6,12-13,18-19,23-25,33H,1-2,7-11,14-17,20,32H2,3-5H3,(H,35,39)/b27-19+,34-29+. The number of amidine groups is 1. The van der Waals surface area contributed by atoms with Crippen LogP contribution in [-0.4, -0.2) is 85.3 Å². The van der Waals surface area contributed by atoms with E-state index in [0.29, 0.717) is 47.3 Å². The highest BCUT2D eigenvalue weighted by Crippen LogP contribution is 2.32. The summed E-state index contributed by atoms with van der Waals surface area (Å²) in [5.41, 5.74) is 7.80. The number of hydrogen-bond donors (Lipinski definition) is 3. The fourth-order valence-corrected chi connectivity index (χ4v) is 5.98. The summed E-state index contributed by atoms with van der Waals surface area (Å²) in [6.45, 7) is 10.5. The summed E-state index contributed by atoms with van der Waals surface area (Å²) >= 11 is 0. The molecule has 0 bridgehead atoms. The normalized spacial score (nSPS) is 23.1. The van der Waals surface area contributed by atoms with Gasteiger partial charge in [0, 0.05) is 37.4 Å². The molecule has 10 nitrogen and oxygen atoms in total. The third-order valence-corrected chi connectivity index (χ3v) is 8.37. The molecule has 4 rings (SSSR count). The van der Waals surface area contributed by atoms with Gasteiger partial charge in [0.2, 0.25) is 5.91 Å². The Bertz CT molecular complexity index is 1200. The zero-order chi connectivity index (χ0) is 29.5. The van der Waals surface area contributed by atoms with E-state index in [0.717, 1.165) is 51.6 Å². The molecule has 41 heavy (non-hydrogen) atoms. The van der Waals surface area contributed by atoms with Gasteiger partial charge < -0.3 is 35.8 Å². The Morgan fingerprint density at radius 1 is 1.20 bits per heavy atom. The smallest absolute Gasteiger partial charge is 0.251 e. The summed E-state index contributed by atoms with van der Waals surface area (Å²) in [4.78, 5) is 37.2. The predicted molar refractivity (Wildman–Crippen MR) is 163 cm³/mol. The van der Waals surface area contributed by atoms with Crippen LogP contribution in [0.3, 0.4) is 0 Å². The predicted octanol–water partition coefficient (Wildman–Crippen LogP) is 3.51. The molecule has 0 radical (unpaired) electrons. The van der Waals surface area contributed by atoms with Crippen molar-refractivity contribution in [2.75, 3.05) is 46.2 Å². The molecule has 10 heteroatoms. The molecular weight excluding hydrogens is 518 g/mol. The second kappa shape index (κ2) is 13.7. The van der Waals surface area contributed by atoms with Crippen LogP contribution < -0.4 is 21.1 Å². The third-order valence-electron chi connectivity index (χ3n) is 8.37. The SMILES string of the molecule is C=CCC1CN(C2CCCC2)C(=N/C(=C)Nc2ccc(C(=O)NC3CCN(C)CC3)cc2OC)/C(=C\N)N(C)C1=O. The minimum atomic E-state index is -0.240. The van der Waals surface area contributed by atoms with Gasteiger partial charge in [0.05, 0.1) is 18.7 Å². The maximum absolute atomic E-state index is 13.3. The van der Waals surface area contributed by atoms with Gasteiger partial charge in [-0.25, -0.2) is 4.99 Å². The van der Waals surface area contributed by atoms with E-state index in [1.54, 1.807) is 43.3 Å². The quantitative estimate of drug-likeness (QED) is 0.394. The number of allylic oxidation sites excluding steroid dienone is 1. The lowest BCUT2D eigenvalue weighted by atomic mass is 10.0. The molecule has 1 aliphatic carbocycles. The first-order valence-electron chi connectivity index (χ1n) is 14.5. The van der Waals surface area contributed by atoms with Crippen molar-refractivity contribution < 1.29 is 14.3 Å². The number of aliphatic imine (C=N–C) groups is 1. The molecule has 1 unspecified atom stereocenters. The number of hydrogen-bond acceptors (Lipinski definition) is 7. The van der Waals surface area contributed by atoms with Crippen LogP contribution >= 0.6 is 0 Å². The highest BCUT2D eigenvalue weighted by Gasteiger charge is 2.38. The van der Waals surface area contributed by atoms with E-state index in [4.69, 9.17) is 15.5 Å². The summed E-state index contributed by atoms with van der Waals surface area (Å²) in [5, 5.41) is 6.39. The van der Waals surface area contributed by atoms with Gasteiger partial charge in [-0.15, -0.1) is 6.58 Å². The largest absolute Gasteiger partial charge is 0.495 e. The Hall–Kier alpha value is -3.79. The number of likely N-dealkylation sites (N-methyl/N-ethyl adjacent to an activating group) is 1. The Morgan fingerprint density at radius 2 is 1.90 bits per heavy atom. The Kier molecular flexibility index (Phi) is 10.1. The number of nitrogens with two attached hydrogens (primary N) is 1. The summed E-state index contributed by atoms with van der Waals surface area (Å²) in [6, 6.07) is 5.72. The number of nitrogens with one attached hydrogen (secondary N) is 2. The molecular formula is C31H45N7O3. The fourth-order valence-electron chi connectivity index (χ4n) is 5.98. The van der Waals surface area contributed by atoms with Gasteiger partial charge >= 0.3 is 0 Å². The van der Waals surface area contributed by atoms with Crippen LogP contribution in [0.4, 0.5) is 5.69 Å². The van der Waals surface area contributed by atoms with Crippen molar-refractivity contribution in [2.24, 2.45) is 16.6 Å². The number of nitrogens with zero attached hydrogens (tertiary/aromatic N) is 4. The summed E-state index contributed by atoms with van der Waals surface area (Å²) < 4.78 is 5.63. The van der Waals surface area contributed by atoms with Crippen LogP contribution in [0.5, 0.6) is 5.75 Å². The molecule has 1 saturated carbocycles. The van der Waals surface area contributed by atoms with E-state index in [1.807, 2.05) is 0 Å². The minimum Gasteiger partial charge on any atom is -0.495 e. The number of amides is 2. The number of carbonyl (C=O) groups excluding carboxylic acids is 2. The van der Waals surface area contributed by atoms with Crippen molar-refractivity contribution in [3.8, 4) is 5.75 Å². The van der Waals surface area contributed by atoms with Gasteiger partial charge in [-0.1, -0.05) is 25.5 Å². The van der Waals surface area contributed by atoms with Crippen molar-refractivity contribution in [3.63, 3.8) is 0 Å². The molecule has 1 aromatic rings. The van der Waals surface area contributed by atoms with Crippen LogP contribution in [-0.2, 0) is 4.79 Å². The number of methoxy groups -OCH3 is 1. The van der Waals surface area contributed by atoms with Crippen molar-refractivity contribution in [1.82, 2.24) is 20.0 Å². The molecule has 3 aliphatic rings. The van der Waals surface area contributed by atoms with Gasteiger partial charge in [0.1, 0.15) is 17.3 Å². The average Bonchev–Trinajstić information content (AvgIpc) is 3.48. The highest BCUT2D eigenvalue weighted by molar-refractivity contribution is 6.04. The second-order valence-electron chi connectivity index (χ2n) is 11.2.